The number of fused-ring (bicyclic) bond motifs is 3. The number of tetrazole rings is 1. The normalized spacial score (nSPS) is 19.1. The smallest absolute Gasteiger partial charge is 0.408 e. The van der Waals surface area contributed by atoms with Crippen molar-refractivity contribution in [1.82, 2.24) is 30.5 Å². The number of rotatable bonds is 5. The topological polar surface area (TPSA) is 121 Å². The largest absolute Gasteiger partial charge is 0.444 e. The van der Waals surface area contributed by atoms with Crippen LogP contribution >= 0.6 is 0 Å². The first kappa shape index (κ1) is 30.4. The molecule has 1 amide bonds. The predicted octanol–water partition coefficient (Wildman–Crippen LogP) is 4.52. The van der Waals surface area contributed by atoms with Crippen molar-refractivity contribution >= 4 is 12.1 Å². The van der Waals surface area contributed by atoms with Gasteiger partial charge < -0.3 is 14.8 Å². The number of pyridine rings is 1. The van der Waals surface area contributed by atoms with E-state index in [2.05, 4.69) is 37.7 Å². The number of nitrogens with one attached hydrogen (secondary N) is 1. The highest BCUT2D eigenvalue weighted by Crippen LogP contribution is 2.53. The standard InChI is InChI=1S/C30H26F4N6O4/c1-28(2,3)44-27(42)36-16-25(41)43-29(17-40-26(37-38-39-40)22-14-21(32)11-12-23(22)29)30(33,34)24-13-8-19(15-35-24)5-4-18-6-9-20(31)10-7-18/h6-9,11-15,20H,10,16-17H2,1-3H3,(H,36,42). The molecule has 5 rings (SSSR count). The molecule has 2 aromatic heterocycles. The number of allylic oxidation sites excluding steroid dienone is 4. The van der Waals surface area contributed by atoms with Gasteiger partial charge in [0.25, 0.3) is 0 Å². The van der Waals surface area contributed by atoms with E-state index in [0.717, 1.165) is 35.1 Å². The Morgan fingerprint density at radius 3 is 2.66 bits per heavy atom. The van der Waals surface area contributed by atoms with Crippen LogP contribution in [0.1, 0.15) is 44.0 Å². The molecule has 1 aliphatic heterocycles. The lowest BCUT2D eigenvalue weighted by atomic mass is 9.79. The SMILES string of the molecule is CC(C)(C)OC(=O)NCC(=O)OC1(C(F)(F)c2ccc(C#CC3=CCC(F)C=C3)cn2)Cn2nnnc2-c2cc(F)ccc21. The summed E-state index contributed by atoms with van der Waals surface area (Å²) in [5.74, 6) is -0.447. The molecule has 0 radical (unpaired) electrons. The van der Waals surface area contributed by atoms with Crippen LogP contribution in [0.4, 0.5) is 22.4 Å². The van der Waals surface area contributed by atoms with E-state index in [9.17, 15) is 18.4 Å². The number of nitrogens with zero attached hydrogens (tertiary/aromatic N) is 5. The zero-order valence-electron chi connectivity index (χ0n) is 23.8. The van der Waals surface area contributed by atoms with Gasteiger partial charge in [-0.15, -0.1) is 5.10 Å². The summed E-state index contributed by atoms with van der Waals surface area (Å²) >= 11 is 0. The molecule has 3 heterocycles. The van der Waals surface area contributed by atoms with Crippen molar-refractivity contribution < 1.29 is 36.6 Å². The molecule has 0 spiro atoms. The number of hydrogen-bond donors (Lipinski definition) is 1. The minimum atomic E-state index is -4.05. The van der Waals surface area contributed by atoms with Crippen LogP contribution < -0.4 is 5.32 Å². The molecule has 14 heteroatoms. The van der Waals surface area contributed by atoms with Gasteiger partial charge in [0.2, 0.25) is 5.60 Å². The molecule has 2 atom stereocenters. The van der Waals surface area contributed by atoms with E-state index < -0.39 is 60.0 Å². The van der Waals surface area contributed by atoms with E-state index in [-0.39, 0.29) is 23.4 Å². The molecule has 3 aromatic rings. The summed E-state index contributed by atoms with van der Waals surface area (Å²) in [4.78, 5) is 29.1. The maximum atomic E-state index is 16.8. The van der Waals surface area contributed by atoms with Crippen molar-refractivity contribution in [3.8, 4) is 23.2 Å². The van der Waals surface area contributed by atoms with Crippen molar-refractivity contribution in [3.63, 3.8) is 0 Å². The molecular formula is C30H26F4N6O4. The van der Waals surface area contributed by atoms with Crippen LogP contribution in [0.3, 0.4) is 0 Å². The van der Waals surface area contributed by atoms with E-state index in [1.54, 1.807) is 26.8 Å². The van der Waals surface area contributed by atoms with Gasteiger partial charge in [-0.05, 0) is 67.6 Å². The zero-order chi connectivity index (χ0) is 31.7. The van der Waals surface area contributed by atoms with Gasteiger partial charge in [0.05, 0.1) is 6.54 Å². The monoisotopic (exact) mass is 610 g/mol. The average Bonchev–Trinajstić information content (AvgIpc) is 3.43. The fourth-order valence-electron chi connectivity index (χ4n) is 4.65. The lowest BCUT2D eigenvalue weighted by molar-refractivity contribution is -0.231. The number of alkyl halides is 3. The lowest BCUT2D eigenvalue weighted by Crippen LogP contribution is -2.53. The van der Waals surface area contributed by atoms with E-state index in [0.29, 0.717) is 11.1 Å². The molecule has 10 nitrogen and oxygen atoms in total. The highest BCUT2D eigenvalue weighted by Gasteiger charge is 2.63. The molecule has 1 aromatic carbocycles. The van der Waals surface area contributed by atoms with Crippen LogP contribution in [0, 0.1) is 17.7 Å². The summed E-state index contributed by atoms with van der Waals surface area (Å²) in [6.07, 6.45) is 3.79. The number of alkyl carbamates (subject to hydrolysis) is 1. The maximum Gasteiger partial charge on any atom is 0.408 e. The molecule has 0 saturated carbocycles. The predicted molar refractivity (Wildman–Crippen MR) is 147 cm³/mol. The molecule has 2 unspecified atom stereocenters. The molecule has 44 heavy (non-hydrogen) atoms. The molecule has 1 aliphatic carbocycles. The summed E-state index contributed by atoms with van der Waals surface area (Å²) < 4.78 is 72.8. The summed E-state index contributed by atoms with van der Waals surface area (Å²) in [5, 5.41) is 13.3. The van der Waals surface area contributed by atoms with Crippen LogP contribution in [0.15, 0.2) is 60.3 Å². The van der Waals surface area contributed by atoms with Crippen molar-refractivity contribution in [1.29, 1.82) is 0 Å². The third-order valence-electron chi connectivity index (χ3n) is 6.62. The Kier molecular flexibility index (Phi) is 7.98. The quantitative estimate of drug-likeness (QED) is 0.254. The van der Waals surface area contributed by atoms with E-state index in [1.165, 1.54) is 18.2 Å². The third kappa shape index (κ3) is 6.17. The van der Waals surface area contributed by atoms with Gasteiger partial charge in [-0.25, -0.2) is 18.3 Å². The average molecular weight is 611 g/mol. The van der Waals surface area contributed by atoms with Gasteiger partial charge in [-0.3, -0.25) is 9.78 Å². The second-order valence-corrected chi connectivity index (χ2v) is 11.0. The van der Waals surface area contributed by atoms with Crippen molar-refractivity contribution in [2.24, 2.45) is 0 Å². The van der Waals surface area contributed by atoms with E-state index >= 15 is 8.78 Å². The molecule has 2 aliphatic rings. The highest BCUT2D eigenvalue weighted by molar-refractivity contribution is 5.79. The van der Waals surface area contributed by atoms with Gasteiger partial charge in [0.1, 0.15) is 29.8 Å². The molecule has 0 saturated heterocycles. The van der Waals surface area contributed by atoms with Gasteiger partial charge in [-0.1, -0.05) is 24.0 Å². The van der Waals surface area contributed by atoms with Crippen molar-refractivity contribution in [2.45, 2.75) is 57.0 Å². The summed E-state index contributed by atoms with van der Waals surface area (Å²) in [7, 11) is 0. The fraction of sp³-hybridized carbons (Fsp3) is 0.333. The van der Waals surface area contributed by atoms with Crippen LogP contribution in [0.5, 0.6) is 0 Å². The minimum Gasteiger partial charge on any atom is -0.444 e. The Bertz CT molecular complexity index is 1720. The minimum absolute atomic E-state index is 0.0161. The number of benzene rings is 1. The molecule has 0 bridgehead atoms. The van der Waals surface area contributed by atoms with Gasteiger partial charge in [0.15, 0.2) is 5.82 Å². The van der Waals surface area contributed by atoms with Crippen LogP contribution in [-0.4, -0.2) is 55.6 Å². The van der Waals surface area contributed by atoms with Gasteiger partial charge in [0, 0.05) is 34.9 Å². The number of halogens is 4. The second-order valence-electron chi connectivity index (χ2n) is 11.0. The number of carbonyl (C=O) groups excluding carboxylic acids is 2. The highest BCUT2D eigenvalue weighted by atomic mass is 19.3. The summed E-state index contributed by atoms with van der Waals surface area (Å²) in [5.41, 5.74) is -4.03. The van der Waals surface area contributed by atoms with E-state index in [4.69, 9.17) is 9.47 Å². The van der Waals surface area contributed by atoms with Gasteiger partial charge in [-0.2, -0.15) is 8.78 Å². The van der Waals surface area contributed by atoms with Gasteiger partial charge >= 0.3 is 18.0 Å². The first-order chi connectivity index (χ1) is 20.8. The number of ether oxygens (including phenoxy) is 2. The molecule has 228 valence electrons. The second kappa shape index (κ2) is 11.6. The lowest BCUT2D eigenvalue weighted by Gasteiger charge is -2.42. The Morgan fingerprint density at radius 2 is 1.98 bits per heavy atom. The van der Waals surface area contributed by atoms with Crippen molar-refractivity contribution in [2.75, 3.05) is 6.54 Å². The zero-order valence-corrected chi connectivity index (χ0v) is 23.8. The Hall–Kier alpha value is -5.06. The Morgan fingerprint density at radius 1 is 1.18 bits per heavy atom. The molecular weight excluding hydrogens is 584 g/mol. The molecule has 1 N–H and O–H groups in total. The summed E-state index contributed by atoms with van der Waals surface area (Å²) in [6, 6.07) is 5.31. The Balaban J connectivity index is 1.51. The number of amides is 1. The van der Waals surface area contributed by atoms with E-state index in [1.807, 2.05) is 0 Å². The number of aromatic nitrogens is 5. The van der Waals surface area contributed by atoms with Crippen LogP contribution in [0.25, 0.3) is 11.4 Å². The molecule has 0 fully saturated rings. The summed E-state index contributed by atoms with van der Waals surface area (Å²) in [6.45, 7) is 3.24. The Labute approximate surface area is 249 Å². The number of carbonyl (C=O) groups is 2. The fourth-order valence-corrected chi connectivity index (χ4v) is 4.65. The van der Waals surface area contributed by atoms with Crippen LogP contribution in [-0.2, 0) is 32.3 Å². The first-order valence-electron chi connectivity index (χ1n) is 13.4. The maximum absolute atomic E-state index is 16.8. The van der Waals surface area contributed by atoms with Crippen LogP contribution in [0.2, 0.25) is 0 Å². The first-order valence-corrected chi connectivity index (χ1v) is 13.4. The van der Waals surface area contributed by atoms with Crippen molar-refractivity contribution in [3.05, 3.63) is 83.0 Å². The number of hydrogen-bond acceptors (Lipinski definition) is 8. The third-order valence-corrected chi connectivity index (χ3v) is 6.62. The number of esters is 1.